The van der Waals surface area contributed by atoms with Crippen LogP contribution in [0.1, 0.15) is 11.4 Å². The van der Waals surface area contributed by atoms with Gasteiger partial charge in [-0.15, -0.1) is 0 Å². The molecule has 11 nitrogen and oxygen atoms in total. The highest BCUT2D eigenvalue weighted by atomic mass is 19.1. The third kappa shape index (κ3) is 5.94. The molecule has 1 unspecified atom stereocenters. The average Bonchev–Trinajstić information content (AvgIpc) is 3.38. The van der Waals surface area contributed by atoms with Gasteiger partial charge in [-0.3, -0.25) is 14.7 Å². The summed E-state index contributed by atoms with van der Waals surface area (Å²) < 4.78 is 20.4. The largest absolute Gasteiger partial charge is 0.390 e. The van der Waals surface area contributed by atoms with Crippen LogP contribution in [-0.2, 0) is 16.1 Å². The highest BCUT2D eigenvalue weighted by Gasteiger charge is 2.29. The molecule has 4 heterocycles. The Morgan fingerprint density at radius 1 is 1.23 bits per heavy atom. The number of benzene rings is 1. The summed E-state index contributed by atoms with van der Waals surface area (Å²) in [6.07, 6.45) is 2.78. The van der Waals surface area contributed by atoms with Gasteiger partial charge in [-0.2, -0.15) is 0 Å². The smallest absolute Gasteiger partial charge is 0.244 e. The quantitative estimate of drug-likeness (QED) is 0.249. The molecular formula is C28H33FN8O3. The van der Waals surface area contributed by atoms with E-state index in [-0.39, 0.29) is 30.8 Å². The van der Waals surface area contributed by atoms with Crippen molar-refractivity contribution in [1.29, 1.82) is 0 Å². The minimum absolute atomic E-state index is 0.107. The third-order valence-electron chi connectivity index (χ3n) is 7.00. The van der Waals surface area contributed by atoms with Gasteiger partial charge >= 0.3 is 0 Å². The number of aliphatic hydroxyl groups excluding tert-OH is 1. The number of pyridine rings is 1. The van der Waals surface area contributed by atoms with Crippen LogP contribution in [0.4, 0.5) is 21.7 Å². The number of piperazine rings is 1. The van der Waals surface area contributed by atoms with E-state index < -0.39 is 11.9 Å². The number of aromatic amines is 1. The highest BCUT2D eigenvalue weighted by molar-refractivity contribution is 6.06. The molecule has 1 aliphatic heterocycles. The number of likely N-dealkylation sites (N-methyl/N-ethyl adjacent to an activating group) is 1. The summed E-state index contributed by atoms with van der Waals surface area (Å²) in [6, 6.07) is 8.50. The van der Waals surface area contributed by atoms with Gasteiger partial charge in [0, 0.05) is 61.8 Å². The van der Waals surface area contributed by atoms with Crippen molar-refractivity contribution < 1.29 is 19.0 Å². The lowest BCUT2D eigenvalue weighted by Crippen LogP contribution is -2.54. The molecule has 5 rings (SSSR count). The molecule has 1 amide bonds. The number of carbonyl (C=O) groups is 1. The number of nitrogens with zero attached hydrogens (tertiary/aromatic N) is 5. The summed E-state index contributed by atoms with van der Waals surface area (Å²) >= 11 is 0. The lowest BCUT2D eigenvalue weighted by atomic mass is 10.1. The maximum atomic E-state index is 15.0. The van der Waals surface area contributed by atoms with Crippen molar-refractivity contribution >= 4 is 34.1 Å². The van der Waals surface area contributed by atoms with Crippen LogP contribution < -0.4 is 10.6 Å². The molecule has 210 valence electrons. The number of hydrogen-bond acceptors (Lipinski definition) is 9. The van der Waals surface area contributed by atoms with E-state index in [1.54, 1.807) is 25.4 Å². The van der Waals surface area contributed by atoms with Gasteiger partial charge in [-0.05, 0) is 32.2 Å². The standard InChI is InChI=1S/C28H33FN8O3/c1-17-11-18(12-19(15-38)32-17)33-28-31-14-22(29)25(35-28)21-13-30-26-20(21)5-4-6-23(26)34-27(39)24(16-40-3)37-9-7-36(2)8-10-37/h4-6,11-14,24,30,38H,7-10,15-16H2,1-3H3,(H,34,39)(H,31,32,33,35). The van der Waals surface area contributed by atoms with Crippen LogP contribution in [0.2, 0.25) is 0 Å². The normalized spacial score (nSPS) is 15.3. The Hall–Kier alpha value is -3.97. The number of anilines is 3. The number of hydrogen-bond donors (Lipinski definition) is 4. The van der Waals surface area contributed by atoms with E-state index in [9.17, 15) is 9.90 Å². The summed E-state index contributed by atoms with van der Waals surface area (Å²) in [7, 11) is 3.66. The highest BCUT2D eigenvalue weighted by Crippen LogP contribution is 2.33. The summed E-state index contributed by atoms with van der Waals surface area (Å²) in [5.74, 6) is -0.554. The van der Waals surface area contributed by atoms with Crippen molar-refractivity contribution in [3.05, 3.63) is 59.9 Å². The Morgan fingerprint density at radius 2 is 2.02 bits per heavy atom. The molecule has 0 bridgehead atoms. The van der Waals surface area contributed by atoms with Gasteiger partial charge in [0.1, 0.15) is 11.7 Å². The number of methoxy groups -OCH3 is 1. The maximum absolute atomic E-state index is 15.0. The van der Waals surface area contributed by atoms with E-state index in [0.29, 0.717) is 39.2 Å². The number of aliphatic hydroxyl groups is 1. The second-order valence-electron chi connectivity index (χ2n) is 9.89. The van der Waals surface area contributed by atoms with E-state index in [2.05, 4.69) is 47.4 Å². The Kier molecular flexibility index (Phi) is 8.31. The number of ether oxygens (including phenoxy) is 1. The van der Waals surface area contributed by atoms with Crippen molar-refractivity contribution in [2.24, 2.45) is 0 Å². The van der Waals surface area contributed by atoms with Crippen LogP contribution in [0.25, 0.3) is 22.2 Å². The Labute approximate surface area is 231 Å². The number of amides is 1. The monoisotopic (exact) mass is 548 g/mol. The first-order valence-corrected chi connectivity index (χ1v) is 13.1. The fourth-order valence-corrected chi connectivity index (χ4v) is 4.94. The number of aryl methyl sites for hydroxylation is 1. The van der Waals surface area contributed by atoms with Gasteiger partial charge in [-0.1, -0.05) is 12.1 Å². The first-order chi connectivity index (χ1) is 19.4. The number of nitrogens with one attached hydrogen (secondary N) is 3. The molecule has 3 aromatic heterocycles. The van der Waals surface area contributed by atoms with Crippen molar-refractivity contribution in [3.63, 3.8) is 0 Å². The summed E-state index contributed by atoms with van der Waals surface area (Å²) in [4.78, 5) is 33.7. The van der Waals surface area contributed by atoms with Gasteiger partial charge in [-0.25, -0.2) is 14.4 Å². The van der Waals surface area contributed by atoms with Crippen LogP contribution in [-0.4, -0.2) is 93.7 Å². The molecule has 12 heteroatoms. The molecule has 4 N–H and O–H groups in total. The van der Waals surface area contributed by atoms with Gasteiger partial charge in [0.2, 0.25) is 11.9 Å². The van der Waals surface area contributed by atoms with Crippen LogP contribution in [0.3, 0.4) is 0 Å². The third-order valence-corrected chi connectivity index (χ3v) is 7.00. The predicted octanol–water partition coefficient (Wildman–Crippen LogP) is 2.90. The zero-order chi connectivity index (χ0) is 28.2. The SMILES string of the molecule is COCC(C(=O)Nc1cccc2c(-c3nc(Nc4cc(C)nc(CO)c4)ncc3F)c[nH]c12)N1CCN(C)CC1. The molecule has 1 atom stereocenters. The van der Waals surface area contributed by atoms with Gasteiger partial charge in [0.15, 0.2) is 5.82 Å². The zero-order valence-corrected chi connectivity index (χ0v) is 22.7. The van der Waals surface area contributed by atoms with E-state index in [4.69, 9.17) is 4.74 Å². The lowest BCUT2D eigenvalue weighted by molar-refractivity contribution is -0.124. The molecule has 1 aromatic carbocycles. The molecule has 0 saturated carbocycles. The lowest BCUT2D eigenvalue weighted by Gasteiger charge is -2.36. The van der Waals surface area contributed by atoms with Crippen molar-refractivity contribution in [3.8, 4) is 11.3 Å². The molecule has 40 heavy (non-hydrogen) atoms. The van der Waals surface area contributed by atoms with E-state index in [0.717, 1.165) is 32.4 Å². The number of fused-ring (bicyclic) bond motifs is 1. The fourth-order valence-electron chi connectivity index (χ4n) is 4.94. The number of H-pyrrole nitrogens is 1. The number of halogens is 1. The number of carbonyl (C=O) groups excluding carboxylic acids is 1. The second-order valence-corrected chi connectivity index (χ2v) is 9.89. The maximum Gasteiger partial charge on any atom is 0.244 e. The Bertz CT molecular complexity index is 1500. The summed E-state index contributed by atoms with van der Waals surface area (Å²) in [6.45, 7) is 5.20. The Balaban J connectivity index is 1.41. The molecule has 4 aromatic rings. The topological polar surface area (TPSA) is 132 Å². The van der Waals surface area contributed by atoms with Crippen LogP contribution in [0.5, 0.6) is 0 Å². The van der Waals surface area contributed by atoms with Crippen molar-refractivity contribution in [2.75, 3.05) is 57.6 Å². The Morgan fingerprint density at radius 3 is 2.77 bits per heavy atom. The van der Waals surface area contributed by atoms with Crippen LogP contribution in [0.15, 0.2) is 42.7 Å². The second kappa shape index (κ2) is 12.0. The molecular weight excluding hydrogens is 515 g/mol. The van der Waals surface area contributed by atoms with Gasteiger partial charge in [0.05, 0.1) is 36.3 Å². The van der Waals surface area contributed by atoms with E-state index in [1.807, 2.05) is 25.1 Å². The fraction of sp³-hybridized carbons (Fsp3) is 0.357. The predicted molar refractivity (Wildman–Crippen MR) is 151 cm³/mol. The number of para-hydroxylation sites is 1. The van der Waals surface area contributed by atoms with Crippen molar-refractivity contribution in [1.82, 2.24) is 29.7 Å². The molecule has 1 saturated heterocycles. The molecule has 0 spiro atoms. The summed E-state index contributed by atoms with van der Waals surface area (Å²) in [5.41, 5.74) is 3.72. The minimum Gasteiger partial charge on any atom is -0.390 e. The summed E-state index contributed by atoms with van der Waals surface area (Å²) in [5, 5.41) is 16.3. The van der Waals surface area contributed by atoms with Gasteiger partial charge in [0.25, 0.3) is 0 Å². The first kappa shape index (κ1) is 27.6. The molecule has 0 radical (unpaired) electrons. The molecule has 1 fully saturated rings. The molecule has 1 aliphatic rings. The molecule has 0 aliphatic carbocycles. The van der Waals surface area contributed by atoms with E-state index >= 15 is 4.39 Å². The van der Waals surface area contributed by atoms with E-state index in [1.165, 1.54) is 0 Å². The average molecular weight is 549 g/mol. The first-order valence-electron chi connectivity index (χ1n) is 13.1. The van der Waals surface area contributed by atoms with Gasteiger partial charge < -0.3 is 30.4 Å². The minimum atomic E-state index is -0.585. The van der Waals surface area contributed by atoms with Crippen LogP contribution >= 0.6 is 0 Å². The number of rotatable bonds is 9. The van der Waals surface area contributed by atoms with Crippen molar-refractivity contribution in [2.45, 2.75) is 19.6 Å². The zero-order valence-electron chi connectivity index (χ0n) is 22.7. The van der Waals surface area contributed by atoms with Crippen LogP contribution in [0, 0.1) is 12.7 Å². The number of aromatic nitrogens is 4.